The van der Waals surface area contributed by atoms with Crippen molar-refractivity contribution in [1.82, 2.24) is 0 Å². The Labute approximate surface area is 121 Å². The van der Waals surface area contributed by atoms with E-state index in [9.17, 15) is 15.3 Å². The van der Waals surface area contributed by atoms with E-state index in [1.54, 1.807) is 19.1 Å². The quantitative estimate of drug-likeness (QED) is 0.739. The predicted octanol–water partition coefficient (Wildman–Crippen LogP) is 2.01. The molecule has 0 aliphatic rings. The monoisotopic (exact) mass is 280 g/mol. The van der Waals surface area contributed by atoms with Gasteiger partial charge >= 0.3 is 0 Å². The van der Waals surface area contributed by atoms with Crippen LogP contribution in [0.2, 0.25) is 0 Å². The second-order valence-electron chi connectivity index (χ2n) is 6.87. The third-order valence-electron chi connectivity index (χ3n) is 4.04. The molecular weight excluding hydrogens is 254 g/mol. The molecule has 4 heteroatoms. The highest BCUT2D eigenvalue weighted by atomic mass is 16.3. The number of aliphatic hydroxyl groups excluding tert-OH is 1. The van der Waals surface area contributed by atoms with E-state index in [0.717, 1.165) is 0 Å². The van der Waals surface area contributed by atoms with Crippen LogP contribution in [0.3, 0.4) is 0 Å². The molecule has 0 fully saturated rings. The molecule has 0 amide bonds. The van der Waals surface area contributed by atoms with E-state index in [0.29, 0.717) is 17.7 Å². The summed E-state index contributed by atoms with van der Waals surface area (Å²) in [5.41, 5.74) is -0.363. The van der Waals surface area contributed by atoms with Gasteiger partial charge < -0.3 is 19.8 Å². The number of likely N-dealkylation sites (N-methyl/N-ethyl adjacent to an activating group) is 1. The molecular formula is C16H26NO3+. The van der Waals surface area contributed by atoms with E-state index in [1.165, 1.54) is 6.07 Å². The van der Waals surface area contributed by atoms with E-state index in [4.69, 9.17) is 7.05 Å². The molecule has 0 aliphatic heterocycles. The predicted molar refractivity (Wildman–Crippen MR) is 78.7 cm³/mol. The van der Waals surface area contributed by atoms with Gasteiger partial charge in [0.1, 0.15) is 17.9 Å². The normalized spacial score (nSPS) is 16.0. The van der Waals surface area contributed by atoms with Crippen molar-refractivity contribution in [2.45, 2.75) is 45.4 Å². The molecule has 0 saturated carbocycles. The highest BCUT2D eigenvalue weighted by molar-refractivity contribution is 5.37. The van der Waals surface area contributed by atoms with Gasteiger partial charge in [0.2, 0.25) is 7.05 Å². The molecule has 0 aromatic heterocycles. The molecule has 2 unspecified atom stereocenters. The maximum absolute atomic E-state index is 10.7. The first kappa shape index (κ1) is 17.0. The van der Waals surface area contributed by atoms with Crippen LogP contribution in [0.4, 0.5) is 0 Å². The Bertz CT molecular complexity index is 473. The van der Waals surface area contributed by atoms with Gasteiger partial charge in [0, 0.05) is 5.56 Å². The smallest absolute Gasteiger partial charge is 0.207 e. The van der Waals surface area contributed by atoms with E-state index >= 15 is 0 Å². The number of quaternary nitrogens is 1. The molecule has 4 nitrogen and oxygen atoms in total. The average molecular weight is 280 g/mol. The Morgan fingerprint density at radius 1 is 1.20 bits per heavy atom. The molecule has 0 bridgehead atoms. The third-order valence-corrected chi connectivity index (χ3v) is 4.04. The average Bonchev–Trinajstić information content (AvgIpc) is 2.26. The van der Waals surface area contributed by atoms with Gasteiger partial charge in [0.15, 0.2) is 0 Å². The summed E-state index contributed by atoms with van der Waals surface area (Å²) in [6, 6.07) is 4.74. The van der Waals surface area contributed by atoms with E-state index < -0.39 is 5.60 Å². The summed E-state index contributed by atoms with van der Waals surface area (Å²) in [7, 11) is 8.16. The third kappa shape index (κ3) is 3.51. The van der Waals surface area contributed by atoms with Gasteiger partial charge in [-0.3, -0.25) is 0 Å². The lowest BCUT2D eigenvalue weighted by molar-refractivity contribution is -0.919. The number of hydrogen-bond donors (Lipinski definition) is 3. The molecule has 20 heavy (non-hydrogen) atoms. The van der Waals surface area contributed by atoms with Crippen LogP contribution < -0.4 is 0 Å². The molecule has 1 rings (SSSR count). The zero-order valence-electron chi connectivity index (χ0n) is 13.0. The van der Waals surface area contributed by atoms with Crippen molar-refractivity contribution in [2.24, 2.45) is 0 Å². The lowest BCUT2D eigenvalue weighted by Gasteiger charge is -2.45. The fourth-order valence-electron chi connectivity index (χ4n) is 2.02. The van der Waals surface area contributed by atoms with Gasteiger partial charge in [0.25, 0.3) is 0 Å². The highest BCUT2D eigenvalue weighted by Gasteiger charge is 2.40. The second kappa shape index (κ2) is 5.35. The van der Waals surface area contributed by atoms with Gasteiger partial charge in [-0.15, -0.1) is 0 Å². The Kier molecular flexibility index (Phi) is 4.54. The minimum atomic E-state index is -1.16. The van der Waals surface area contributed by atoms with Crippen LogP contribution in [0.15, 0.2) is 18.2 Å². The van der Waals surface area contributed by atoms with E-state index in [-0.39, 0.29) is 22.4 Å². The first-order chi connectivity index (χ1) is 8.90. The molecule has 1 aromatic rings. The summed E-state index contributed by atoms with van der Waals surface area (Å²) in [4.78, 5) is 0. The Morgan fingerprint density at radius 3 is 2.20 bits per heavy atom. The van der Waals surface area contributed by atoms with Gasteiger partial charge in [-0.05, 0) is 45.4 Å². The molecule has 112 valence electrons. The maximum atomic E-state index is 10.7. The van der Waals surface area contributed by atoms with E-state index in [1.807, 2.05) is 27.8 Å². The number of aliphatic hydroxyl groups is 2. The van der Waals surface area contributed by atoms with Crippen LogP contribution in [0, 0.1) is 7.05 Å². The number of hydrogen-bond acceptors (Lipinski definition) is 3. The van der Waals surface area contributed by atoms with Gasteiger partial charge in [-0.25, -0.2) is 0 Å². The molecule has 1 aromatic carbocycles. The van der Waals surface area contributed by atoms with Gasteiger partial charge in [0.05, 0.1) is 19.2 Å². The molecule has 0 heterocycles. The fourth-order valence-corrected chi connectivity index (χ4v) is 2.02. The van der Waals surface area contributed by atoms with Crippen LogP contribution >= 0.6 is 0 Å². The van der Waals surface area contributed by atoms with Gasteiger partial charge in [-0.2, -0.15) is 0 Å². The summed E-state index contributed by atoms with van der Waals surface area (Å²) in [5, 5.41) is 29.5. The van der Waals surface area contributed by atoms with Crippen molar-refractivity contribution < 1.29 is 19.8 Å². The zero-order valence-corrected chi connectivity index (χ0v) is 13.0. The molecule has 3 N–H and O–H groups in total. The fraction of sp³-hybridized carbons (Fsp3) is 0.562. The lowest BCUT2D eigenvalue weighted by atomic mass is 9.90. The topological polar surface area (TPSA) is 60.7 Å². The minimum absolute atomic E-state index is 0.0212. The first-order valence-electron chi connectivity index (χ1n) is 6.70. The highest BCUT2D eigenvalue weighted by Crippen LogP contribution is 2.31. The van der Waals surface area contributed by atoms with Crippen molar-refractivity contribution in [3.8, 4) is 5.75 Å². The van der Waals surface area contributed by atoms with Crippen LogP contribution in [-0.2, 0) is 12.2 Å². The number of rotatable bonds is 4. The summed E-state index contributed by atoms with van der Waals surface area (Å²) in [5.74, 6) is 0.0212. The van der Waals surface area contributed by atoms with Crippen molar-refractivity contribution in [1.29, 1.82) is 0 Å². The zero-order chi connectivity index (χ0) is 15.8. The van der Waals surface area contributed by atoms with Gasteiger partial charge in [-0.1, -0.05) is 6.07 Å². The standard InChI is InChI=1S/C16H26NO3/c1-15(2,3)17(5,6)11-16(4,20)13-7-8-14(19)12(9-13)10-18/h5,7-9,18-20H,10-11H2,1-4,6H3/q+1. The Balaban J connectivity index is 3.11. The molecule has 0 saturated heterocycles. The molecule has 2 radical (unpaired) electrons. The van der Waals surface area contributed by atoms with Crippen LogP contribution in [-0.4, -0.2) is 38.9 Å². The van der Waals surface area contributed by atoms with Crippen LogP contribution in [0.1, 0.15) is 38.8 Å². The van der Waals surface area contributed by atoms with Crippen molar-refractivity contribution in [2.75, 3.05) is 13.6 Å². The second-order valence-corrected chi connectivity index (χ2v) is 6.87. The van der Waals surface area contributed by atoms with Crippen molar-refractivity contribution in [3.05, 3.63) is 36.4 Å². The summed E-state index contributed by atoms with van der Waals surface area (Å²) in [6.07, 6.45) is 0. The number of aromatic hydroxyl groups is 1. The summed E-state index contributed by atoms with van der Waals surface area (Å²) in [6.45, 7) is 7.77. The van der Waals surface area contributed by atoms with Crippen LogP contribution in [0.5, 0.6) is 5.75 Å². The summed E-state index contributed by atoms with van der Waals surface area (Å²) < 4.78 is 0.148. The number of phenols is 1. The minimum Gasteiger partial charge on any atom is -0.508 e. The molecule has 2 atom stereocenters. The molecule has 0 spiro atoms. The maximum Gasteiger partial charge on any atom is 0.207 e. The van der Waals surface area contributed by atoms with Crippen molar-refractivity contribution >= 4 is 0 Å². The van der Waals surface area contributed by atoms with Crippen LogP contribution in [0.25, 0.3) is 0 Å². The summed E-state index contributed by atoms with van der Waals surface area (Å²) >= 11 is 0. The lowest BCUT2D eigenvalue weighted by Crippen LogP contribution is -2.57. The Hall–Kier alpha value is -1.10. The first-order valence-corrected chi connectivity index (χ1v) is 6.70. The Morgan fingerprint density at radius 2 is 1.75 bits per heavy atom. The van der Waals surface area contributed by atoms with E-state index in [2.05, 4.69) is 0 Å². The van der Waals surface area contributed by atoms with Crippen molar-refractivity contribution in [3.63, 3.8) is 0 Å². The molecule has 0 aliphatic carbocycles. The largest absolute Gasteiger partial charge is 0.508 e. The number of benzene rings is 1. The number of nitrogens with zero attached hydrogens (tertiary/aromatic N) is 1. The SMILES string of the molecule is [CH][N+](C)(CC(C)(O)c1ccc(O)c(CO)c1)C(C)(C)C.